The van der Waals surface area contributed by atoms with Gasteiger partial charge in [-0.05, 0) is 17.7 Å². The largest absolute Gasteiger partial charge is 0.393 e. The maximum Gasteiger partial charge on any atom is 0.323 e. The molecule has 0 spiro atoms. The van der Waals surface area contributed by atoms with E-state index in [1.807, 2.05) is 0 Å². The predicted octanol–water partition coefficient (Wildman–Crippen LogP) is 2.03. The third-order valence-corrected chi connectivity index (χ3v) is 4.84. The van der Waals surface area contributed by atoms with Gasteiger partial charge in [0.05, 0.1) is 16.7 Å². The highest BCUT2D eigenvalue weighted by molar-refractivity contribution is 8.04. The summed E-state index contributed by atoms with van der Waals surface area (Å²) in [5.74, 6) is -1.00. The van der Waals surface area contributed by atoms with E-state index in [1.54, 1.807) is 24.3 Å². The third-order valence-electron chi connectivity index (χ3n) is 3.38. The fraction of sp³-hybridized carbons (Fsp3) is 0.267. The summed E-state index contributed by atoms with van der Waals surface area (Å²) < 4.78 is 0. The van der Waals surface area contributed by atoms with Gasteiger partial charge in [-0.2, -0.15) is 5.26 Å². The second kappa shape index (κ2) is 6.94. The first-order chi connectivity index (χ1) is 10.8. The van der Waals surface area contributed by atoms with Gasteiger partial charge < -0.3 is 10.6 Å². The van der Waals surface area contributed by atoms with E-state index in [4.69, 9.17) is 17.3 Å². The molecule has 0 fully saturated rings. The lowest BCUT2D eigenvalue weighted by molar-refractivity contribution is -0.119. The summed E-state index contributed by atoms with van der Waals surface area (Å²) in [6, 6.07) is 8.41. The highest BCUT2D eigenvalue weighted by atomic mass is 35.5. The van der Waals surface area contributed by atoms with Crippen molar-refractivity contribution in [2.75, 3.05) is 14.1 Å². The van der Waals surface area contributed by atoms with Crippen molar-refractivity contribution in [3.8, 4) is 6.07 Å². The SMILES string of the molecule is CN(C)C(=O)NC(=O)C1SC(N)=C(C#N)C1c1ccc(Cl)cc1. The topological polar surface area (TPSA) is 99.2 Å². The van der Waals surface area contributed by atoms with Crippen molar-refractivity contribution in [2.24, 2.45) is 5.73 Å². The maximum atomic E-state index is 12.4. The fourth-order valence-electron chi connectivity index (χ4n) is 2.20. The number of amides is 3. The molecule has 3 amide bonds. The van der Waals surface area contributed by atoms with Crippen molar-refractivity contribution in [3.63, 3.8) is 0 Å². The maximum absolute atomic E-state index is 12.4. The van der Waals surface area contributed by atoms with Crippen LogP contribution < -0.4 is 11.1 Å². The van der Waals surface area contributed by atoms with E-state index in [0.717, 1.165) is 17.3 Å². The molecule has 3 N–H and O–H groups in total. The molecule has 1 aromatic rings. The van der Waals surface area contributed by atoms with Crippen molar-refractivity contribution >= 4 is 35.3 Å². The van der Waals surface area contributed by atoms with Gasteiger partial charge in [0, 0.05) is 25.0 Å². The number of nitrogens with zero attached hydrogens (tertiary/aromatic N) is 2. The van der Waals surface area contributed by atoms with E-state index in [9.17, 15) is 14.9 Å². The highest BCUT2D eigenvalue weighted by Gasteiger charge is 2.41. The molecule has 0 bridgehead atoms. The van der Waals surface area contributed by atoms with Crippen molar-refractivity contribution in [1.29, 1.82) is 5.26 Å². The van der Waals surface area contributed by atoms with Gasteiger partial charge in [-0.15, -0.1) is 0 Å². The van der Waals surface area contributed by atoms with Crippen molar-refractivity contribution in [3.05, 3.63) is 45.5 Å². The number of thioether (sulfide) groups is 1. The van der Waals surface area contributed by atoms with Crippen molar-refractivity contribution < 1.29 is 9.59 Å². The number of halogens is 1. The zero-order valence-corrected chi connectivity index (χ0v) is 14.1. The third kappa shape index (κ3) is 3.60. The molecule has 0 saturated carbocycles. The molecule has 0 aromatic heterocycles. The van der Waals surface area contributed by atoms with Crippen LogP contribution in [0.2, 0.25) is 5.02 Å². The van der Waals surface area contributed by atoms with Gasteiger partial charge in [-0.25, -0.2) is 4.79 Å². The van der Waals surface area contributed by atoms with Crippen LogP contribution in [0.1, 0.15) is 11.5 Å². The molecule has 2 rings (SSSR count). The summed E-state index contributed by atoms with van der Waals surface area (Å²) in [6.07, 6.45) is 0. The lowest BCUT2D eigenvalue weighted by Gasteiger charge is -2.20. The average Bonchev–Trinajstić information content (AvgIpc) is 2.84. The Kier molecular flexibility index (Phi) is 5.19. The zero-order chi connectivity index (χ0) is 17.1. The number of nitrogens with two attached hydrogens (primary N) is 1. The van der Waals surface area contributed by atoms with Gasteiger partial charge in [0.1, 0.15) is 5.25 Å². The number of nitrogens with one attached hydrogen (secondary N) is 1. The summed E-state index contributed by atoms with van der Waals surface area (Å²) in [5, 5.41) is 11.8. The Bertz CT molecular complexity index is 709. The summed E-state index contributed by atoms with van der Waals surface area (Å²) in [7, 11) is 3.07. The Morgan fingerprint density at radius 2 is 1.96 bits per heavy atom. The fourth-order valence-corrected chi connectivity index (χ4v) is 3.50. The predicted molar refractivity (Wildman–Crippen MR) is 89.6 cm³/mol. The monoisotopic (exact) mass is 350 g/mol. The minimum absolute atomic E-state index is 0.296. The highest BCUT2D eigenvalue weighted by Crippen LogP contribution is 2.45. The summed E-state index contributed by atoms with van der Waals surface area (Å²) in [4.78, 5) is 25.4. The van der Waals surface area contributed by atoms with Crippen LogP contribution in [-0.4, -0.2) is 36.2 Å². The second-order valence-electron chi connectivity index (χ2n) is 5.15. The number of benzene rings is 1. The molecule has 0 aliphatic carbocycles. The van der Waals surface area contributed by atoms with Crippen LogP contribution in [0.5, 0.6) is 0 Å². The van der Waals surface area contributed by atoms with Gasteiger partial charge in [0.25, 0.3) is 0 Å². The molecule has 2 atom stereocenters. The van der Waals surface area contributed by atoms with Crippen LogP contribution in [0.15, 0.2) is 34.9 Å². The van der Waals surface area contributed by atoms with E-state index in [2.05, 4.69) is 11.4 Å². The molecule has 2 unspecified atom stereocenters. The lowest BCUT2D eigenvalue weighted by Crippen LogP contribution is -2.43. The molecule has 8 heteroatoms. The number of hydrogen-bond acceptors (Lipinski definition) is 5. The number of carbonyl (C=O) groups excluding carboxylic acids is 2. The molecule has 0 radical (unpaired) electrons. The summed E-state index contributed by atoms with van der Waals surface area (Å²) in [5.41, 5.74) is 6.96. The molecule has 1 aliphatic heterocycles. The van der Waals surface area contributed by atoms with Crippen LogP contribution in [0.25, 0.3) is 0 Å². The Hall–Kier alpha value is -2.17. The normalized spacial score (nSPS) is 20.1. The van der Waals surface area contributed by atoms with E-state index < -0.39 is 23.1 Å². The quantitative estimate of drug-likeness (QED) is 0.850. The zero-order valence-electron chi connectivity index (χ0n) is 12.5. The molecule has 0 saturated heterocycles. The van der Waals surface area contributed by atoms with Gasteiger partial charge in [0.15, 0.2) is 0 Å². The summed E-state index contributed by atoms with van der Waals surface area (Å²) >= 11 is 6.97. The van der Waals surface area contributed by atoms with Gasteiger partial charge in [-0.3, -0.25) is 10.1 Å². The first-order valence-electron chi connectivity index (χ1n) is 6.69. The molecular formula is C15H15ClN4O2S. The Labute approximate surface area is 143 Å². The molecular weight excluding hydrogens is 336 g/mol. The van der Waals surface area contributed by atoms with Gasteiger partial charge in [-0.1, -0.05) is 35.5 Å². The van der Waals surface area contributed by atoms with Crippen molar-refractivity contribution in [2.45, 2.75) is 11.2 Å². The van der Waals surface area contributed by atoms with Crippen LogP contribution in [0, 0.1) is 11.3 Å². The molecule has 6 nitrogen and oxygen atoms in total. The Morgan fingerprint density at radius 1 is 1.35 bits per heavy atom. The standard InChI is InChI=1S/C15H15ClN4O2S/c1-20(2)15(22)19-14(21)12-11(10(7-17)13(18)23-12)8-3-5-9(16)6-4-8/h3-6,11-12H,18H2,1-2H3,(H,19,21,22). The van der Waals surface area contributed by atoms with E-state index >= 15 is 0 Å². The molecule has 1 aliphatic rings. The average molecular weight is 351 g/mol. The lowest BCUT2D eigenvalue weighted by atomic mass is 9.89. The van der Waals surface area contributed by atoms with Crippen LogP contribution in [0.4, 0.5) is 4.79 Å². The van der Waals surface area contributed by atoms with Crippen LogP contribution in [-0.2, 0) is 4.79 Å². The first kappa shape index (κ1) is 17.2. The van der Waals surface area contributed by atoms with E-state index in [1.165, 1.54) is 19.0 Å². The van der Waals surface area contributed by atoms with Crippen LogP contribution in [0.3, 0.4) is 0 Å². The van der Waals surface area contributed by atoms with Gasteiger partial charge in [0.2, 0.25) is 5.91 Å². The number of imide groups is 1. The first-order valence-corrected chi connectivity index (χ1v) is 7.95. The van der Waals surface area contributed by atoms with Crippen LogP contribution >= 0.6 is 23.4 Å². The number of hydrogen-bond donors (Lipinski definition) is 2. The van der Waals surface area contributed by atoms with E-state index in [-0.39, 0.29) is 0 Å². The Balaban J connectivity index is 2.33. The minimum Gasteiger partial charge on any atom is -0.393 e. The Morgan fingerprint density at radius 3 is 2.48 bits per heavy atom. The van der Waals surface area contributed by atoms with Gasteiger partial charge >= 0.3 is 6.03 Å². The molecule has 1 heterocycles. The number of urea groups is 1. The van der Waals surface area contributed by atoms with E-state index in [0.29, 0.717) is 15.6 Å². The number of rotatable bonds is 2. The molecule has 1 aromatic carbocycles. The number of nitriles is 1. The number of carbonyl (C=O) groups is 2. The summed E-state index contributed by atoms with van der Waals surface area (Å²) in [6.45, 7) is 0. The smallest absolute Gasteiger partial charge is 0.323 e. The minimum atomic E-state index is -0.685. The molecule has 23 heavy (non-hydrogen) atoms. The van der Waals surface area contributed by atoms with Crippen molar-refractivity contribution in [1.82, 2.24) is 10.2 Å². The second-order valence-corrected chi connectivity index (χ2v) is 6.77. The number of allylic oxidation sites excluding steroid dienone is 1. The molecule has 120 valence electrons.